The zero-order valence-corrected chi connectivity index (χ0v) is 11.7. The van der Waals surface area contributed by atoms with Crippen LogP contribution >= 0.6 is 0 Å². The van der Waals surface area contributed by atoms with Gasteiger partial charge in [-0.1, -0.05) is 41.5 Å². The molecule has 1 atom stereocenters. The van der Waals surface area contributed by atoms with E-state index in [9.17, 15) is 4.79 Å². The standard InChI is InChI=1S/C13H28N2O/c1-9(2)7-15(8-10(3)4)12(11(5)6)13(14)16/h9-12H,7-8H2,1-6H3,(H2,14,16). The lowest BCUT2D eigenvalue weighted by Gasteiger charge is -2.34. The molecule has 3 heteroatoms. The first-order valence-electron chi connectivity index (χ1n) is 6.29. The summed E-state index contributed by atoms with van der Waals surface area (Å²) in [5.41, 5.74) is 5.51. The Morgan fingerprint density at radius 3 is 1.56 bits per heavy atom. The highest BCUT2D eigenvalue weighted by Crippen LogP contribution is 2.15. The third-order valence-corrected chi connectivity index (χ3v) is 2.52. The second-order valence-corrected chi connectivity index (χ2v) is 5.83. The quantitative estimate of drug-likeness (QED) is 0.725. The van der Waals surface area contributed by atoms with Crippen LogP contribution < -0.4 is 5.73 Å². The summed E-state index contributed by atoms with van der Waals surface area (Å²) in [5, 5.41) is 0. The van der Waals surface area contributed by atoms with Gasteiger partial charge in [-0.2, -0.15) is 0 Å². The van der Waals surface area contributed by atoms with Crippen LogP contribution in [-0.2, 0) is 4.79 Å². The van der Waals surface area contributed by atoms with Gasteiger partial charge < -0.3 is 5.73 Å². The third kappa shape index (κ3) is 5.50. The van der Waals surface area contributed by atoms with Gasteiger partial charge in [0.15, 0.2) is 0 Å². The smallest absolute Gasteiger partial charge is 0.235 e. The summed E-state index contributed by atoms with van der Waals surface area (Å²) < 4.78 is 0. The monoisotopic (exact) mass is 228 g/mol. The van der Waals surface area contributed by atoms with Gasteiger partial charge in [0.05, 0.1) is 6.04 Å². The lowest BCUT2D eigenvalue weighted by molar-refractivity contribution is -0.125. The molecule has 1 amide bonds. The molecule has 16 heavy (non-hydrogen) atoms. The molecule has 0 aromatic rings. The summed E-state index contributed by atoms with van der Waals surface area (Å²) in [7, 11) is 0. The average molecular weight is 228 g/mol. The van der Waals surface area contributed by atoms with Gasteiger partial charge in [0.1, 0.15) is 0 Å². The topological polar surface area (TPSA) is 46.3 Å². The van der Waals surface area contributed by atoms with Crippen LogP contribution in [0, 0.1) is 17.8 Å². The average Bonchev–Trinajstić information content (AvgIpc) is 1.98. The van der Waals surface area contributed by atoms with E-state index in [1.165, 1.54) is 0 Å². The van der Waals surface area contributed by atoms with E-state index in [-0.39, 0.29) is 17.9 Å². The number of primary amides is 1. The van der Waals surface area contributed by atoms with Crippen molar-refractivity contribution in [2.24, 2.45) is 23.5 Å². The Labute approximate surface area is 100 Å². The number of nitrogens with zero attached hydrogens (tertiary/aromatic N) is 1. The molecule has 1 unspecified atom stereocenters. The summed E-state index contributed by atoms with van der Waals surface area (Å²) in [6, 6.07) is -0.134. The summed E-state index contributed by atoms with van der Waals surface area (Å²) in [4.78, 5) is 13.8. The Bertz CT molecular complexity index is 202. The minimum Gasteiger partial charge on any atom is -0.368 e. The fourth-order valence-corrected chi connectivity index (χ4v) is 2.17. The first-order valence-corrected chi connectivity index (χ1v) is 6.29. The molecule has 0 aliphatic heterocycles. The van der Waals surface area contributed by atoms with E-state index in [0.29, 0.717) is 11.8 Å². The molecule has 0 rings (SSSR count). The summed E-state index contributed by atoms with van der Waals surface area (Å²) in [6.07, 6.45) is 0. The zero-order valence-electron chi connectivity index (χ0n) is 11.7. The number of nitrogens with two attached hydrogens (primary N) is 1. The normalized spacial score (nSPS) is 14.1. The number of amides is 1. The number of hydrogen-bond acceptors (Lipinski definition) is 2. The minimum atomic E-state index is -0.198. The van der Waals surface area contributed by atoms with E-state index in [1.807, 2.05) is 0 Å². The number of carbonyl (C=O) groups is 1. The van der Waals surface area contributed by atoms with E-state index in [1.54, 1.807) is 0 Å². The third-order valence-electron chi connectivity index (χ3n) is 2.52. The van der Waals surface area contributed by atoms with Crippen LogP contribution in [0.2, 0.25) is 0 Å². The number of carbonyl (C=O) groups excluding carboxylic acids is 1. The Kier molecular flexibility index (Phi) is 6.65. The first kappa shape index (κ1) is 15.4. The fraction of sp³-hybridized carbons (Fsp3) is 0.923. The van der Waals surface area contributed by atoms with Gasteiger partial charge in [0.25, 0.3) is 0 Å². The van der Waals surface area contributed by atoms with Crippen LogP contribution in [0.3, 0.4) is 0 Å². The van der Waals surface area contributed by atoms with Gasteiger partial charge in [0.2, 0.25) is 5.91 Å². The van der Waals surface area contributed by atoms with Crippen LogP contribution in [0.1, 0.15) is 41.5 Å². The number of hydrogen-bond donors (Lipinski definition) is 1. The van der Waals surface area contributed by atoms with Crippen molar-refractivity contribution in [2.45, 2.75) is 47.6 Å². The molecule has 0 spiro atoms. The Morgan fingerprint density at radius 1 is 1.00 bits per heavy atom. The molecule has 0 saturated heterocycles. The zero-order chi connectivity index (χ0) is 12.9. The Hall–Kier alpha value is -0.570. The van der Waals surface area contributed by atoms with Crippen molar-refractivity contribution in [1.82, 2.24) is 4.90 Å². The second-order valence-electron chi connectivity index (χ2n) is 5.83. The van der Waals surface area contributed by atoms with Gasteiger partial charge in [-0.3, -0.25) is 9.69 Å². The molecule has 0 aromatic heterocycles. The van der Waals surface area contributed by atoms with E-state index >= 15 is 0 Å². The van der Waals surface area contributed by atoms with Crippen molar-refractivity contribution in [1.29, 1.82) is 0 Å². The van der Waals surface area contributed by atoms with Crippen molar-refractivity contribution in [2.75, 3.05) is 13.1 Å². The maximum absolute atomic E-state index is 11.5. The lowest BCUT2D eigenvalue weighted by Crippen LogP contribution is -2.50. The van der Waals surface area contributed by atoms with Crippen LogP contribution in [-0.4, -0.2) is 29.9 Å². The molecule has 0 aliphatic carbocycles. The molecule has 96 valence electrons. The van der Waals surface area contributed by atoms with Crippen LogP contribution in [0.5, 0.6) is 0 Å². The maximum atomic E-state index is 11.5. The highest BCUT2D eigenvalue weighted by molar-refractivity contribution is 5.80. The molecule has 0 radical (unpaired) electrons. The molecular formula is C13H28N2O. The first-order chi connectivity index (χ1) is 7.25. The van der Waals surface area contributed by atoms with Gasteiger partial charge in [-0.25, -0.2) is 0 Å². The molecule has 0 heterocycles. The van der Waals surface area contributed by atoms with Crippen molar-refractivity contribution >= 4 is 5.91 Å². The highest BCUT2D eigenvalue weighted by atomic mass is 16.1. The predicted octanol–water partition coefficient (Wildman–Crippen LogP) is 2.11. The highest BCUT2D eigenvalue weighted by Gasteiger charge is 2.27. The van der Waals surface area contributed by atoms with Gasteiger partial charge in [-0.05, 0) is 17.8 Å². The van der Waals surface area contributed by atoms with E-state index in [4.69, 9.17) is 5.73 Å². The van der Waals surface area contributed by atoms with Crippen molar-refractivity contribution in [3.05, 3.63) is 0 Å². The van der Waals surface area contributed by atoms with Crippen LogP contribution in [0.4, 0.5) is 0 Å². The maximum Gasteiger partial charge on any atom is 0.235 e. The molecule has 2 N–H and O–H groups in total. The predicted molar refractivity (Wildman–Crippen MR) is 69.1 cm³/mol. The molecular weight excluding hydrogens is 200 g/mol. The molecule has 0 fully saturated rings. The van der Waals surface area contributed by atoms with E-state index < -0.39 is 0 Å². The lowest BCUT2D eigenvalue weighted by atomic mass is 9.99. The molecule has 3 nitrogen and oxygen atoms in total. The number of rotatable bonds is 7. The Morgan fingerprint density at radius 2 is 1.38 bits per heavy atom. The Balaban J connectivity index is 4.73. The van der Waals surface area contributed by atoms with Crippen molar-refractivity contribution in [3.63, 3.8) is 0 Å². The summed E-state index contributed by atoms with van der Waals surface area (Å²) >= 11 is 0. The molecule has 0 bridgehead atoms. The summed E-state index contributed by atoms with van der Waals surface area (Å²) in [6.45, 7) is 14.7. The van der Waals surface area contributed by atoms with E-state index in [2.05, 4.69) is 46.4 Å². The largest absolute Gasteiger partial charge is 0.368 e. The van der Waals surface area contributed by atoms with Crippen LogP contribution in [0.25, 0.3) is 0 Å². The summed E-state index contributed by atoms with van der Waals surface area (Å²) in [5.74, 6) is 1.19. The van der Waals surface area contributed by atoms with Gasteiger partial charge in [0, 0.05) is 13.1 Å². The molecule has 0 saturated carbocycles. The second kappa shape index (κ2) is 6.89. The fourth-order valence-electron chi connectivity index (χ4n) is 2.17. The van der Waals surface area contributed by atoms with Gasteiger partial charge in [-0.15, -0.1) is 0 Å². The minimum absolute atomic E-state index is 0.134. The van der Waals surface area contributed by atoms with Crippen molar-refractivity contribution in [3.8, 4) is 0 Å². The molecule has 0 aliphatic rings. The SMILES string of the molecule is CC(C)CN(CC(C)C)C(C(N)=O)C(C)C. The van der Waals surface area contributed by atoms with Crippen LogP contribution in [0.15, 0.2) is 0 Å². The molecule has 0 aromatic carbocycles. The van der Waals surface area contributed by atoms with Crippen molar-refractivity contribution < 1.29 is 4.79 Å². The van der Waals surface area contributed by atoms with E-state index in [0.717, 1.165) is 13.1 Å². The van der Waals surface area contributed by atoms with Gasteiger partial charge >= 0.3 is 0 Å².